The average molecular weight is 383 g/mol. The number of hydrogen-bond donors (Lipinski definition) is 1. The smallest absolute Gasteiger partial charge is 0.374 e. The predicted octanol–water partition coefficient (Wildman–Crippen LogP) is 2.61. The van der Waals surface area contributed by atoms with Crippen molar-refractivity contribution in [3.63, 3.8) is 0 Å². The van der Waals surface area contributed by atoms with Crippen molar-refractivity contribution in [2.45, 2.75) is 0 Å². The molecule has 0 aliphatic rings. The van der Waals surface area contributed by atoms with E-state index in [-0.39, 0.29) is 16.8 Å². The van der Waals surface area contributed by atoms with Crippen LogP contribution in [0, 0.1) is 0 Å². The van der Waals surface area contributed by atoms with Crippen molar-refractivity contribution < 1.29 is 28.2 Å². The van der Waals surface area contributed by atoms with Crippen LogP contribution in [0.15, 0.2) is 57.7 Å². The third-order valence-corrected chi connectivity index (χ3v) is 3.85. The second kappa shape index (κ2) is 8.26. The summed E-state index contributed by atoms with van der Waals surface area (Å²) < 4.78 is 20.6. The molecule has 0 saturated heterocycles. The van der Waals surface area contributed by atoms with Gasteiger partial charge in [-0.3, -0.25) is 9.59 Å². The van der Waals surface area contributed by atoms with Crippen LogP contribution in [0.1, 0.15) is 10.6 Å². The molecule has 8 heteroatoms. The number of carbonyl (C=O) groups excluding carboxylic acids is 2. The lowest BCUT2D eigenvalue weighted by atomic mass is 10.2. The molecule has 0 aliphatic carbocycles. The fraction of sp³-hybridized carbons (Fsp3) is 0.150. The largest absolute Gasteiger partial charge is 0.497 e. The zero-order chi connectivity index (χ0) is 20.1. The van der Waals surface area contributed by atoms with E-state index < -0.39 is 18.5 Å². The minimum atomic E-state index is -0.921. The first-order valence-electron chi connectivity index (χ1n) is 8.23. The van der Waals surface area contributed by atoms with Crippen molar-refractivity contribution in [2.24, 2.45) is 0 Å². The highest BCUT2D eigenvalue weighted by molar-refractivity contribution is 5.96. The summed E-state index contributed by atoms with van der Waals surface area (Å²) in [5.41, 5.74) is 0.243. The number of ether oxygens (including phenoxy) is 3. The number of esters is 1. The van der Waals surface area contributed by atoms with Gasteiger partial charge in [-0.2, -0.15) is 0 Å². The normalized spacial score (nSPS) is 10.4. The molecule has 3 aromatic rings. The molecule has 8 nitrogen and oxygen atoms in total. The van der Waals surface area contributed by atoms with Crippen molar-refractivity contribution in [3.8, 4) is 11.5 Å². The minimum absolute atomic E-state index is 0.257. The van der Waals surface area contributed by atoms with Gasteiger partial charge in [0, 0.05) is 12.1 Å². The van der Waals surface area contributed by atoms with Crippen LogP contribution in [0.5, 0.6) is 11.5 Å². The van der Waals surface area contributed by atoms with Crippen LogP contribution in [-0.2, 0) is 9.53 Å². The molecule has 28 heavy (non-hydrogen) atoms. The van der Waals surface area contributed by atoms with Gasteiger partial charge < -0.3 is 23.9 Å². The molecule has 1 aromatic heterocycles. The van der Waals surface area contributed by atoms with Crippen LogP contribution in [-0.4, -0.2) is 32.7 Å². The highest BCUT2D eigenvalue weighted by Gasteiger charge is 2.16. The minimum Gasteiger partial charge on any atom is -0.497 e. The molecule has 0 fully saturated rings. The van der Waals surface area contributed by atoms with Gasteiger partial charge in [-0.25, -0.2) is 4.79 Å². The van der Waals surface area contributed by atoms with Crippen LogP contribution >= 0.6 is 0 Å². The number of anilines is 1. The third-order valence-electron chi connectivity index (χ3n) is 3.85. The van der Waals surface area contributed by atoms with E-state index >= 15 is 0 Å². The Morgan fingerprint density at radius 3 is 2.57 bits per heavy atom. The molecule has 0 aliphatic heterocycles. The number of rotatable bonds is 6. The summed E-state index contributed by atoms with van der Waals surface area (Å²) in [6.45, 7) is -0.574. The number of para-hydroxylation sites is 1. The van der Waals surface area contributed by atoms with Gasteiger partial charge in [-0.15, -0.1) is 0 Å². The van der Waals surface area contributed by atoms with Gasteiger partial charge in [0.2, 0.25) is 5.76 Å². The zero-order valence-corrected chi connectivity index (χ0v) is 15.2. The Bertz CT molecular complexity index is 1090. The lowest BCUT2D eigenvalue weighted by Gasteiger charge is -2.11. The quantitative estimate of drug-likeness (QED) is 0.653. The molecule has 0 atom stereocenters. The summed E-state index contributed by atoms with van der Waals surface area (Å²) in [6, 6.07) is 12.4. The molecule has 1 N–H and O–H groups in total. The summed E-state index contributed by atoms with van der Waals surface area (Å²) in [7, 11) is 2.95. The van der Waals surface area contributed by atoms with Crippen LogP contribution in [0.3, 0.4) is 0 Å². The third kappa shape index (κ3) is 4.12. The van der Waals surface area contributed by atoms with Crippen LogP contribution in [0.2, 0.25) is 0 Å². The second-order valence-corrected chi connectivity index (χ2v) is 5.66. The first-order valence-corrected chi connectivity index (χ1v) is 8.23. The molecule has 0 radical (unpaired) electrons. The highest BCUT2D eigenvalue weighted by atomic mass is 16.5. The fourth-order valence-corrected chi connectivity index (χ4v) is 2.50. The van der Waals surface area contributed by atoms with Gasteiger partial charge in [0.1, 0.15) is 17.1 Å². The number of fused-ring (bicyclic) bond motifs is 1. The number of methoxy groups -OCH3 is 2. The van der Waals surface area contributed by atoms with Gasteiger partial charge in [-0.1, -0.05) is 12.1 Å². The summed E-state index contributed by atoms with van der Waals surface area (Å²) in [4.78, 5) is 36.3. The topological polar surface area (TPSA) is 104 Å². The number of hydrogen-bond acceptors (Lipinski definition) is 7. The molecule has 144 valence electrons. The highest BCUT2D eigenvalue weighted by Crippen LogP contribution is 2.28. The average Bonchev–Trinajstić information content (AvgIpc) is 2.71. The van der Waals surface area contributed by atoms with E-state index in [1.165, 1.54) is 14.2 Å². The molecule has 1 amide bonds. The fourth-order valence-electron chi connectivity index (χ4n) is 2.50. The van der Waals surface area contributed by atoms with E-state index in [9.17, 15) is 14.4 Å². The van der Waals surface area contributed by atoms with Gasteiger partial charge in [0.15, 0.2) is 12.0 Å². The lowest BCUT2D eigenvalue weighted by molar-refractivity contribution is -0.119. The van der Waals surface area contributed by atoms with Crippen molar-refractivity contribution in [3.05, 3.63) is 64.5 Å². The number of carbonyl (C=O) groups is 2. The van der Waals surface area contributed by atoms with Gasteiger partial charge in [0.25, 0.3) is 5.91 Å². The van der Waals surface area contributed by atoms with Gasteiger partial charge in [0.05, 0.1) is 25.3 Å². The van der Waals surface area contributed by atoms with Gasteiger partial charge >= 0.3 is 5.97 Å². The Morgan fingerprint density at radius 2 is 1.82 bits per heavy atom. The van der Waals surface area contributed by atoms with E-state index in [0.717, 1.165) is 6.07 Å². The van der Waals surface area contributed by atoms with E-state index in [2.05, 4.69) is 5.32 Å². The molecular weight excluding hydrogens is 366 g/mol. The molecule has 0 bridgehead atoms. The van der Waals surface area contributed by atoms with Crippen molar-refractivity contribution >= 4 is 28.5 Å². The first-order chi connectivity index (χ1) is 13.5. The Labute approximate surface area is 159 Å². The standard InChI is InChI=1S/C20H17NO7/c1-25-12-7-8-17(26-2)14(9-12)21-19(23)11-27-20(24)18-10-15(22)13-5-3-4-6-16(13)28-18/h3-10H,11H2,1-2H3,(H,21,23). The lowest BCUT2D eigenvalue weighted by Crippen LogP contribution is -2.21. The molecule has 1 heterocycles. The number of benzene rings is 2. The number of nitrogens with one attached hydrogen (secondary N) is 1. The SMILES string of the molecule is COc1ccc(OC)c(NC(=O)COC(=O)c2cc(=O)c3ccccc3o2)c1. The summed E-state index contributed by atoms with van der Waals surface area (Å²) in [5, 5.41) is 2.92. The molecule has 0 spiro atoms. The monoisotopic (exact) mass is 383 g/mol. The second-order valence-electron chi connectivity index (χ2n) is 5.66. The van der Waals surface area contributed by atoms with Crippen LogP contribution < -0.4 is 20.2 Å². The van der Waals surface area contributed by atoms with E-state index in [1.807, 2.05) is 0 Å². The maximum absolute atomic E-state index is 12.1. The van der Waals surface area contributed by atoms with Crippen LogP contribution in [0.25, 0.3) is 11.0 Å². The molecule has 2 aromatic carbocycles. The zero-order valence-electron chi connectivity index (χ0n) is 15.2. The van der Waals surface area contributed by atoms with Crippen molar-refractivity contribution in [1.82, 2.24) is 0 Å². The number of amides is 1. The Kier molecular flexibility index (Phi) is 5.59. The Hall–Kier alpha value is -3.81. The van der Waals surface area contributed by atoms with Gasteiger partial charge in [-0.05, 0) is 24.3 Å². The maximum atomic E-state index is 12.1. The summed E-state index contributed by atoms with van der Waals surface area (Å²) in [5.74, 6) is -0.860. The van der Waals surface area contributed by atoms with Crippen LogP contribution in [0.4, 0.5) is 5.69 Å². The maximum Gasteiger partial charge on any atom is 0.374 e. The first kappa shape index (κ1) is 19.0. The molecular formula is C20H17NO7. The Morgan fingerprint density at radius 1 is 1.04 bits per heavy atom. The van der Waals surface area contributed by atoms with E-state index in [1.54, 1.807) is 42.5 Å². The van der Waals surface area contributed by atoms with E-state index in [0.29, 0.717) is 22.6 Å². The van der Waals surface area contributed by atoms with Crippen molar-refractivity contribution in [1.29, 1.82) is 0 Å². The molecule has 0 unspecified atom stereocenters. The predicted molar refractivity (Wildman–Crippen MR) is 101 cm³/mol. The summed E-state index contributed by atoms with van der Waals surface area (Å²) >= 11 is 0. The van der Waals surface area contributed by atoms with E-state index in [4.69, 9.17) is 18.6 Å². The van der Waals surface area contributed by atoms with Crippen molar-refractivity contribution in [2.75, 3.05) is 26.1 Å². The molecule has 3 rings (SSSR count). The molecule has 0 saturated carbocycles. The summed E-state index contributed by atoms with van der Waals surface area (Å²) in [6.07, 6.45) is 0. The Balaban J connectivity index is 1.68.